The highest BCUT2D eigenvalue weighted by Crippen LogP contribution is 2.35. The van der Waals surface area contributed by atoms with Crippen molar-refractivity contribution in [1.29, 1.82) is 0 Å². The van der Waals surface area contributed by atoms with Crippen LogP contribution in [0.4, 0.5) is 11.5 Å². The fourth-order valence-electron chi connectivity index (χ4n) is 3.65. The molecule has 6 nitrogen and oxygen atoms in total. The van der Waals surface area contributed by atoms with Gasteiger partial charge in [-0.05, 0) is 36.3 Å². The van der Waals surface area contributed by atoms with Crippen molar-refractivity contribution in [3.63, 3.8) is 0 Å². The van der Waals surface area contributed by atoms with E-state index >= 15 is 0 Å². The topological polar surface area (TPSA) is 75.2 Å². The van der Waals surface area contributed by atoms with Gasteiger partial charge in [0, 0.05) is 11.8 Å². The molecule has 0 unspecified atom stereocenters. The Morgan fingerprint density at radius 3 is 2.77 bits per heavy atom. The number of hydrogen-bond acceptors (Lipinski definition) is 5. The van der Waals surface area contributed by atoms with Crippen LogP contribution in [-0.2, 0) is 0 Å². The molecule has 2 aromatic heterocycles. The van der Waals surface area contributed by atoms with Gasteiger partial charge in [-0.25, -0.2) is 9.97 Å². The number of H-pyrrole nitrogens is 1. The van der Waals surface area contributed by atoms with Crippen molar-refractivity contribution in [2.45, 2.75) is 6.92 Å². The van der Waals surface area contributed by atoms with Crippen LogP contribution >= 0.6 is 0 Å². The van der Waals surface area contributed by atoms with Gasteiger partial charge in [0.05, 0.1) is 29.9 Å². The fourth-order valence-corrected chi connectivity index (χ4v) is 3.65. The van der Waals surface area contributed by atoms with E-state index in [0.29, 0.717) is 19.0 Å². The van der Waals surface area contributed by atoms with Crippen LogP contribution in [-0.4, -0.2) is 33.8 Å². The van der Waals surface area contributed by atoms with Crippen molar-refractivity contribution in [3.05, 3.63) is 78.8 Å². The Morgan fingerprint density at radius 1 is 1.07 bits per heavy atom. The number of aliphatic imine (C=N–C) groups is 1. The number of nitrogens with zero attached hydrogens (tertiary/aromatic N) is 3. The third-order valence-corrected chi connectivity index (χ3v) is 5.03. The Balaban J connectivity index is 1.60. The highest BCUT2D eigenvalue weighted by molar-refractivity contribution is 6.19. The molecule has 0 aliphatic carbocycles. The molecular formula is C24H21N5O. The third kappa shape index (κ3) is 3.33. The zero-order valence-electron chi connectivity index (χ0n) is 16.6. The van der Waals surface area contributed by atoms with Crippen molar-refractivity contribution in [2.24, 2.45) is 4.99 Å². The minimum atomic E-state index is 0.579. The standard InChI is InChI=1S/C24H21N5O/c1-2-30-21-11-10-17(16-7-4-3-5-8-16)13-20(21)29-24-22-18(19-9-6-12-25-19)14-26-23(22)27-15-28-24/h3-11,13-15H,2,12H2,1H3,(H2,26,27,28,29). The lowest BCUT2D eigenvalue weighted by molar-refractivity contribution is 0.342. The summed E-state index contributed by atoms with van der Waals surface area (Å²) in [5.74, 6) is 1.49. The number of fused-ring (bicyclic) bond motifs is 1. The van der Waals surface area contributed by atoms with E-state index in [-0.39, 0.29) is 0 Å². The molecule has 30 heavy (non-hydrogen) atoms. The Bertz CT molecular complexity index is 1260. The van der Waals surface area contributed by atoms with Crippen LogP contribution in [0.15, 0.2) is 78.2 Å². The second-order valence-electron chi connectivity index (χ2n) is 6.91. The molecule has 0 saturated heterocycles. The van der Waals surface area contributed by atoms with E-state index in [4.69, 9.17) is 4.74 Å². The van der Waals surface area contributed by atoms with E-state index in [1.165, 1.54) is 0 Å². The second-order valence-corrected chi connectivity index (χ2v) is 6.91. The molecule has 1 aliphatic heterocycles. The number of allylic oxidation sites excluding steroid dienone is 1. The summed E-state index contributed by atoms with van der Waals surface area (Å²) in [6.07, 6.45) is 7.56. The zero-order valence-corrected chi connectivity index (χ0v) is 16.6. The van der Waals surface area contributed by atoms with Crippen molar-refractivity contribution < 1.29 is 4.74 Å². The number of benzene rings is 2. The predicted octanol–water partition coefficient (Wildman–Crippen LogP) is 5.13. The van der Waals surface area contributed by atoms with E-state index < -0.39 is 0 Å². The van der Waals surface area contributed by atoms with Gasteiger partial charge in [0.25, 0.3) is 0 Å². The van der Waals surface area contributed by atoms with Crippen molar-refractivity contribution in [1.82, 2.24) is 15.0 Å². The van der Waals surface area contributed by atoms with Gasteiger partial charge >= 0.3 is 0 Å². The number of rotatable bonds is 6. The van der Waals surface area contributed by atoms with Crippen LogP contribution in [0.25, 0.3) is 22.2 Å². The van der Waals surface area contributed by atoms with E-state index in [1.807, 2.05) is 49.5 Å². The summed E-state index contributed by atoms with van der Waals surface area (Å²) in [6, 6.07) is 16.4. The van der Waals surface area contributed by atoms with Crippen LogP contribution in [0.2, 0.25) is 0 Å². The van der Waals surface area contributed by atoms with Crippen LogP contribution in [0.3, 0.4) is 0 Å². The number of hydrogen-bond donors (Lipinski definition) is 2. The fraction of sp³-hybridized carbons (Fsp3) is 0.125. The first kappa shape index (κ1) is 18.1. The molecule has 2 N–H and O–H groups in total. The summed E-state index contributed by atoms with van der Waals surface area (Å²) < 4.78 is 5.88. The highest BCUT2D eigenvalue weighted by Gasteiger charge is 2.17. The Hall–Kier alpha value is -3.93. The van der Waals surface area contributed by atoms with Crippen molar-refractivity contribution in [2.75, 3.05) is 18.5 Å². The molecule has 148 valence electrons. The first-order valence-corrected chi connectivity index (χ1v) is 9.96. The molecule has 0 spiro atoms. The van der Waals surface area contributed by atoms with Gasteiger partial charge in [0.2, 0.25) is 0 Å². The zero-order chi connectivity index (χ0) is 20.3. The summed E-state index contributed by atoms with van der Waals surface area (Å²) in [5.41, 5.74) is 5.78. The maximum absolute atomic E-state index is 5.88. The average molecular weight is 395 g/mol. The molecule has 0 saturated carbocycles. The molecule has 0 fully saturated rings. The van der Waals surface area contributed by atoms with Gasteiger partial charge in [-0.1, -0.05) is 42.5 Å². The predicted molar refractivity (Wildman–Crippen MR) is 121 cm³/mol. The number of ether oxygens (including phenoxy) is 1. The highest BCUT2D eigenvalue weighted by atomic mass is 16.5. The lowest BCUT2D eigenvalue weighted by Gasteiger charge is -2.15. The first-order valence-electron chi connectivity index (χ1n) is 9.96. The van der Waals surface area contributed by atoms with E-state index in [2.05, 4.69) is 49.5 Å². The number of nitrogens with one attached hydrogen (secondary N) is 2. The summed E-state index contributed by atoms with van der Waals surface area (Å²) in [7, 11) is 0. The minimum Gasteiger partial charge on any atom is -0.492 e. The van der Waals surface area contributed by atoms with Crippen molar-refractivity contribution in [3.8, 4) is 16.9 Å². The monoisotopic (exact) mass is 395 g/mol. The Labute approximate surface area is 174 Å². The first-order chi connectivity index (χ1) is 14.8. The third-order valence-electron chi connectivity index (χ3n) is 5.03. The second kappa shape index (κ2) is 7.83. The number of aromatic nitrogens is 3. The van der Waals surface area contributed by atoms with Crippen molar-refractivity contribution >= 4 is 28.3 Å². The smallest absolute Gasteiger partial charge is 0.144 e. The molecule has 0 amide bonds. The van der Waals surface area contributed by atoms with Gasteiger partial charge in [-0.2, -0.15) is 0 Å². The Morgan fingerprint density at radius 2 is 1.97 bits per heavy atom. The number of aromatic amines is 1. The molecule has 2 aromatic carbocycles. The van der Waals surface area contributed by atoms with Gasteiger partial charge in [0.1, 0.15) is 23.5 Å². The molecular weight excluding hydrogens is 374 g/mol. The summed E-state index contributed by atoms with van der Waals surface area (Å²) >= 11 is 0. The Kier molecular flexibility index (Phi) is 4.73. The molecule has 0 bridgehead atoms. The van der Waals surface area contributed by atoms with Gasteiger partial charge in [0.15, 0.2) is 0 Å². The average Bonchev–Trinajstić information content (AvgIpc) is 3.46. The molecule has 0 radical (unpaired) electrons. The normalized spacial score (nSPS) is 12.9. The maximum Gasteiger partial charge on any atom is 0.144 e. The number of anilines is 2. The van der Waals surface area contributed by atoms with Gasteiger partial charge in [-0.15, -0.1) is 0 Å². The van der Waals surface area contributed by atoms with E-state index in [1.54, 1.807) is 6.33 Å². The van der Waals surface area contributed by atoms with E-state index in [9.17, 15) is 0 Å². The SMILES string of the molecule is CCOc1ccc(-c2ccccc2)cc1Nc1ncnc2[nH]cc(C3=NCC=C3)c12. The van der Waals surface area contributed by atoms with Gasteiger partial charge in [-0.3, -0.25) is 4.99 Å². The summed E-state index contributed by atoms with van der Waals surface area (Å²) in [6.45, 7) is 3.26. The maximum atomic E-state index is 5.88. The van der Waals surface area contributed by atoms with Crippen LogP contribution < -0.4 is 10.1 Å². The van der Waals surface area contributed by atoms with Crippen LogP contribution in [0, 0.1) is 0 Å². The summed E-state index contributed by atoms with van der Waals surface area (Å²) in [4.78, 5) is 16.7. The van der Waals surface area contributed by atoms with Crippen LogP contribution in [0.1, 0.15) is 12.5 Å². The minimum absolute atomic E-state index is 0.579. The van der Waals surface area contributed by atoms with Gasteiger partial charge < -0.3 is 15.0 Å². The largest absolute Gasteiger partial charge is 0.492 e. The lowest BCUT2D eigenvalue weighted by atomic mass is 10.0. The summed E-state index contributed by atoms with van der Waals surface area (Å²) in [5, 5.41) is 4.40. The molecule has 4 aromatic rings. The van der Waals surface area contributed by atoms with E-state index in [0.717, 1.165) is 44.9 Å². The molecule has 5 rings (SSSR count). The quantitative estimate of drug-likeness (QED) is 0.475. The molecule has 6 heteroatoms. The van der Waals surface area contributed by atoms with Crippen LogP contribution in [0.5, 0.6) is 5.75 Å². The molecule has 3 heterocycles. The molecule has 1 aliphatic rings. The lowest BCUT2D eigenvalue weighted by Crippen LogP contribution is -2.02. The molecule has 0 atom stereocenters.